The maximum absolute atomic E-state index is 13.2. The quantitative estimate of drug-likeness (QED) is 0.709. The van der Waals surface area contributed by atoms with Crippen molar-refractivity contribution in [1.82, 2.24) is 15.0 Å². The van der Waals surface area contributed by atoms with E-state index in [1.807, 2.05) is 4.90 Å². The van der Waals surface area contributed by atoms with E-state index in [4.69, 9.17) is 16.3 Å². The van der Waals surface area contributed by atoms with Gasteiger partial charge in [-0.3, -0.25) is 4.79 Å². The van der Waals surface area contributed by atoms with Gasteiger partial charge in [0.15, 0.2) is 11.5 Å². The summed E-state index contributed by atoms with van der Waals surface area (Å²) in [6.07, 6.45) is 4.45. The number of carbonyl (C=O) groups is 1. The van der Waals surface area contributed by atoms with Crippen LogP contribution in [0.2, 0.25) is 5.02 Å². The van der Waals surface area contributed by atoms with E-state index in [-0.39, 0.29) is 16.8 Å². The number of nitrogens with one attached hydrogen (secondary N) is 1. The normalized spacial score (nSPS) is 13.7. The molecule has 2 aromatic heterocycles. The van der Waals surface area contributed by atoms with Crippen LogP contribution in [0.25, 0.3) is 0 Å². The first-order chi connectivity index (χ1) is 13.6. The first kappa shape index (κ1) is 18.1. The summed E-state index contributed by atoms with van der Waals surface area (Å²) in [4.78, 5) is 27.0. The summed E-state index contributed by atoms with van der Waals surface area (Å²) in [6, 6.07) is 9.45. The molecule has 7 nitrogen and oxygen atoms in total. The second-order valence-electron chi connectivity index (χ2n) is 6.12. The molecule has 1 fully saturated rings. The molecule has 142 valence electrons. The van der Waals surface area contributed by atoms with Gasteiger partial charge in [-0.05, 0) is 24.3 Å². The molecule has 0 saturated carbocycles. The van der Waals surface area contributed by atoms with Crippen LogP contribution in [-0.4, -0.2) is 40.1 Å². The highest BCUT2D eigenvalue weighted by molar-refractivity contribution is 6.30. The summed E-state index contributed by atoms with van der Waals surface area (Å²) in [5.74, 6) is 0.502. The van der Waals surface area contributed by atoms with Crippen molar-refractivity contribution in [2.24, 2.45) is 0 Å². The van der Waals surface area contributed by atoms with Crippen LogP contribution in [0, 0.1) is 5.82 Å². The van der Waals surface area contributed by atoms with Crippen molar-refractivity contribution in [2.45, 2.75) is 6.10 Å². The SMILES string of the molecule is O=C(Nc1ccccn1)c1nccnc1N1CC(Oc2ccc(F)c(Cl)c2)C1. The highest BCUT2D eigenvalue weighted by Gasteiger charge is 2.33. The van der Waals surface area contributed by atoms with Crippen LogP contribution in [0.5, 0.6) is 5.75 Å². The standard InChI is InChI=1S/C19H15ClFN5O2/c20-14-9-12(4-5-15(14)21)28-13-10-26(11-13)18-17(23-7-8-24-18)19(27)25-16-3-1-2-6-22-16/h1-9,13H,10-11H2,(H,22,25,27). The lowest BCUT2D eigenvalue weighted by Crippen LogP contribution is -2.54. The summed E-state index contributed by atoms with van der Waals surface area (Å²) < 4.78 is 19.0. The highest BCUT2D eigenvalue weighted by atomic mass is 35.5. The average molecular weight is 400 g/mol. The zero-order chi connectivity index (χ0) is 19.5. The second-order valence-corrected chi connectivity index (χ2v) is 6.53. The molecule has 28 heavy (non-hydrogen) atoms. The smallest absolute Gasteiger partial charge is 0.279 e. The van der Waals surface area contributed by atoms with Crippen molar-refractivity contribution in [1.29, 1.82) is 0 Å². The van der Waals surface area contributed by atoms with Gasteiger partial charge in [0, 0.05) is 24.7 Å². The van der Waals surface area contributed by atoms with E-state index in [0.29, 0.717) is 30.5 Å². The molecular formula is C19H15ClFN5O2. The van der Waals surface area contributed by atoms with E-state index in [0.717, 1.165) is 0 Å². The van der Waals surface area contributed by atoms with Crippen molar-refractivity contribution in [2.75, 3.05) is 23.3 Å². The highest BCUT2D eigenvalue weighted by Crippen LogP contribution is 2.27. The summed E-state index contributed by atoms with van der Waals surface area (Å²) in [5, 5.41) is 2.71. The van der Waals surface area contributed by atoms with E-state index < -0.39 is 11.7 Å². The van der Waals surface area contributed by atoms with Gasteiger partial charge in [-0.2, -0.15) is 0 Å². The Kier molecular flexibility index (Phi) is 5.03. The van der Waals surface area contributed by atoms with Crippen molar-refractivity contribution >= 4 is 29.1 Å². The monoisotopic (exact) mass is 399 g/mol. The number of carbonyl (C=O) groups excluding carboxylic acids is 1. The lowest BCUT2D eigenvalue weighted by atomic mass is 10.1. The van der Waals surface area contributed by atoms with Crippen LogP contribution in [0.1, 0.15) is 10.5 Å². The number of aromatic nitrogens is 3. The summed E-state index contributed by atoms with van der Waals surface area (Å²) in [5.41, 5.74) is 0.205. The van der Waals surface area contributed by atoms with E-state index >= 15 is 0 Å². The molecule has 0 unspecified atom stereocenters. The van der Waals surface area contributed by atoms with Crippen LogP contribution < -0.4 is 15.0 Å². The van der Waals surface area contributed by atoms with Gasteiger partial charge in [-0.1, -0.05) is 17.7 Å². The maximum atomic E-state index is 13.2. The minimum Gasteiger partial charge on any atom is -0.487 e. The Balaban J connectivity index is 1.42. The Bertz CT molecular complexity index is 999. The Morgan fingerprint density at radius 3 is 2.71 bits per heavy atom. The number of hydrogen-bond acceptors (Lipinski definition) is 6. The fourth-order valence-electron chi connectivity index (χ4n) is 2.76. The summed E-state index contributed by atoms with van der Waals surface area (Å²) in [6.45, 7) is 1.02. The first-order valence-corrected chi connectivity index (χ1v) is 8.88. The molecule has 9 heteroatoms. The third-order valence-electron chi connectivity index (χ3n) is 4.14. The largest absolute Gasteiger partial charge is 0.487 e. The Hall–Kier alpha value is -3.26. The van der Waals surface area contributed by atoms with Gasteiger partial charge in [-0.25, -0.2) is 19.3 Å². The van der Waals surface area contributed by atoms with Crippen molar-refractivity contribution < 1.29 is 13.9 Å². The number of pyridine rings is 1. The molecule has 1 aliphatic rings. The molecule has 4 rings (SSSR count). The van der Waals surface area contributed by atoms with Crippen LogP contribution in [0.3, 0.4) is 0 Å². The summed E-state index contributed by atoms with van der Waals surface area (Å²) >= 11 is 5.77. The number of halogens is 2. The third-order valence-corrected chi connectivity index (χ3v) is 4.43. The maximum Gasteiger partial charge on any atom is 0.279 e. The molecule has 0 bridgehead atoms. The molecule has 1 N–H and O–H groups in total. The minimum absolute atomic E-state index is 0.0103. The van der Waals surface area contributed by atoms with E-state index in [1.54, 1.807) is 24.4 Å². The van der Waals surface area contributed by atoms with E-state index in [2.05, 4.69) is 20.3 Å². The molecule has 1 aromatic carbocycles. The molecule has 0 atom stereocenters. The van der Waals surface area contributed by atoms with E-state index in [1.165, 1.54) is 30.6 Å². The third kappa shape index (κ3) is 3.86. The minimum atomic E-state index is -0.493. The van der Waals surface area contributed by atoms with Crippen molar-refractivity contribution in [3.63, 3.8) is 0 Å². The number of amides is 1. The van der Waals surface area contributed by atoms with Gasteiger partial charge in [0.25, 0.3) is 5.91 Å². The lowest BCUT2D eigenvalue weighted by Gasteiger charge is -2.40. The Morgan fingerprint density at radius 1 is 1.14 bits per heavy atom. The molecular weight excluding hydrogens is 385 g/mol. The number of rotatable bonds is 5. The number of anilines is 2. The fourth-order valence-corrected chi connectivity index (χ4v) is 2.93. The van der Waals surface area contributed by atoms with Crippen molar-refractivity contribution in [3.8, 4) is 5.75 Å². The predicted octanol–water partition coefficient (Wildman–Crippen LogP) is 3.18. The predicted molar refractivity (Wildman–Crippen MR) is 102 cm³/mol. The number of ether oxygens (including phenoxy) is 1. The number of nitrogens with zero attached hydrogens (tertiary/aromatic N) is 4. The average Bonchev–Trinajstić information content (AvgIpc) is 2.68. The zero-order valence-corrected chi connectivity index (χ0v) is 15.3. The number of benzene rings is 1. The molecule has 3 heterocycles. The van der Waals surface area contributed by atoms with Gasteiger partial charge in [0.05, 0.1) is 18.1 Å². The van der Waals surface area contributed by atoms with Gasteiger partial charge in [0.1, 0.15) is 23.5 Å². The fraction of sp³-hybridized carbons (Fsp3) is 0.158. The molecule has 0 radical (unpaired) electrons. The van der Waals surface area contributed by atoms with E-state index in [9.17, 15) is 9.18 Å². The Labute approximate surface area is 165 Å². The molecule has 1 amide bonds. The van der Waals surface area contributed by atoms with Crippen LogP contribution in [0.4, 0.5) is 16.0 Å². The van der Waals surface area contributed by atoms with Gasteiger partial charge in [0.2, 0.25) is 0 Å². The van der Waals surface area contributed by atoms with Gasteiger partial charge < -0.3 is 15.0 Å². The Morgan fingerprint density at radius 2 is 1.96 bits per heavy atom. The topological polar surface area (TPSA) is 80.2 Å². The van der Waals surface area contributed by atoms with Crippen LogP contribution in [0.15, 0.2) is 55.0 Å². The van der Waals surface area contributed by atoms with Gasteiger partial charge in [-0.15, -0.1) is 0 Å². The zero-order valence-electron chi connectivity index (χ0n) is 14.5. The molecule has 1 aliphatic heterocycles. The van der Waals surface area contributed by atoms with Gasteiger partial charge >= 0.3 is 0 Å². The molecule has 1 saturated heterocycles. The first-order valence-electron chi connectivity index (χ1n) is 8.50. The molecule has 3 aromatic rings. The second kappa shape index (κ2) is 7.77. The number of hydrogen-bond donors (Lipinski definition) is 1. The summed E-state index contributed by atoms with van der Waals surface area (Å²) in [7, 11) is 0. The van der Waals surface area contributed by atoms with Crippen LogP contribution >= 0.6 is 11.6 Å². The van der Waals surface area contributed by atoms with Crippen molar-refractivity contribution in [3.05, 3.63) is 71.5 Å². The molecule has 0 aliphatic carbocycles. The van der Waals surface area contributed by atoms with Crippen LogP contribution in [-0.2, 0) is 0 Å². The lowest BCUT2D eigenvalue weighted by molar-refractivity contribution is 0.102. The molecule has 0 spiro atoms.